The number of amides is 1. The highest BCUT2D eigenvalue weighted by Crippen LogP contribution is 2.33. The third-order valence-corrected chi connectivity index (χ3v) is 5.92. The zero-order valence-electron chi connectivity index (χ0n) is 14.9. The van der Waals surface area contributed by atoms with Gasteiger partial charge in [-0.3, -0.25) is 9.69 Å². The zero-order valence-corrected chi connectivity index (χ0v) is 14.9. The summed E-state index contributed by atoms with van der Waals surface area (Å²) in [6, 6.07) is 13.0. The molecule has 6 nitrogen and oxygen atoms in total. The van der Waals surface area contributed by atoms with Gasteiger partial charge >= 0.3 is 0 Å². The molecule has 0 saturated carbocycles. The molecule has 3 aliphatic heterocycles. The Morgan fingerprint density at radius 3 is 2.73 bits per heavy atom. The first-order chi connectivity index (χ1) is 12.7. The third kappa shape index (κ3) is 3.35. The van der Waals surface area contributed by atoms with Gasteiger partial charge in [-0.25, -0.2) is 0 Å². The maximum atomic E-state index is 12.8. The lowest BCUT2D eigenvalue weighted by Gasteiger charge is -2.35. The minimum atomic E-state index is -0.926. The number of fused-ring (bicyclic) bond motifs is 1. The smallest absolute Gasteiger partial charge is 0.240 e. The second-order valence-corrected chi connectivity index (χ2v) is 7.55. The van der Waals surface area contributed by atoms with Crippen LogP contribution in [0, 0.1) is 16.7 Å². The van der Waals surface area contributed by atoms with Gasteiger partial charge in [-0.1, -0.05) is 30.3 Å². The van der Waals surface area contributed by atoms with Gasteiger partial charge in [0.05, 0.1) is 18.8 Å². The van der Waals surface area contributed by atoms with Crippen LogP contribution in [0.25, 0.3) is 0 Å². The van der Waals surface area contributed by atoms with Crippen LogP contribution in [0.3, 0.4) is 0 Å². The van der Waals surface area contributed by atoms with Crippen molar-refractivity contribution >= 4 is 5.91 Å². The van der Waals surface area contributed by atoms with Crippen LogP contribution in [-0.2, 0) is 14.3 Å². The van der Waals surface area contributed by atoms with Gasteiger partial charge in [0.2, 0.25) is 5.91 Å². The molecule has 4 rings (SSSR count). The van der Waals surface area contributed by atoms with Crippen molar-refractivity contribution in [1.82, 2.24) is 10.2 Å². The monoisotopic (exact) mass is 355 g/mol. The number of nitriles is 1. The Hall–Kier alpha value is -1.94. The highest BCUT2D eigenvalue weighted by Gasteiger charge is 2.44. The van der Waals surface area contributed by atoms with Gasteiger partial charge in [-0.15, -0.1) is 0 Å². The number of rotatable bonds is 3. The topological polar surface area (TPSA) is 74.6 Å². The van der Waals surface area contributed by atoms with E-state index < -0.39 is 5.41 Å². The van der Waals surface area contributed by atoms with Gasteiger partial charge in [-0.05, 0) is 24.8 Å². The molecule has 1 aromatic carbocycles. The molecule has 26 heavy (non-hydrogen) atoms. The SMILES string of the molecule is N#CC1(C(=O)N[C@@H]2C[C@H]3CO[C@@H](c4ccccc4)CN3C2)CCOCC1. The number of ether oxygens (including phenoxy) is 2. The molecule has 3 aliphatic rings. The molecular weight excluding hydrogens is 330 g/mol. The number of carbonyl (C=O) groups excluding carboxylic acids is 1. The van der Waals surface area contributed by atoms with Crippen LogP contribution in [0.5, 0.6) is 0 Å². The standard InChI is InChI=1S/C20H25N3O3/c21-14-20(6-8-25-9-7-20)19(24)22-16-10-17-13-26-18(12-23(17)11-16)15-4-2-1-3-5-15/h1-5,16-18H,6-13H2,(H,22,24)/t16-,17+,18-/m1/s1. The van der Waals surface area contributed by atoms with Crippen molar-refractivity contribution in [2.24, 2.45) is 5.41 Å². The molecule has 0 unspecified atom stereocenters. The minimum Gasteiger partial charge on any atom is -0.381 e. The Bertz CT molecular complexity index is 681. The number of carbonyl (C=O) groups is 1. The molecule has 138 valence electrons. The van der Waals surface area contributed by atoms with E-state index >= 15 is 0 Å². The first kappa shape index (κ1) is 17.5. The number of hydrogen-bond acceptors (Lipinski definition) is 5. The van der Waals surface area contributed by atoms with Crippen LogP contribution in [0.1, 0.15) is 30.9 Å². The Labute approximate surface area is 154 Å². The number of nitrogens with zero attached hydrogens (tertiary/aromatic N) is 2. The molecule has 0 radical (unpaired) electrons. The maximum absolute atomic E-state index is 12.8. The van der Waals surface area contributed by atoms with Gasteiger partial charge in [-0.2, -0.15) is 5.26 Å². The van der Waals surface area contributed by atoms with Crippen LogP contribution < -0.4 is 5.32 Å². The van der Waals surface area contributed by atoms with Gasteiger partial charge < -0.3 is 14.8 Å². The van der Waals surface area contributed by atoms with E-state index in [4.69, 9.17) is 9.47 Å². The van der Waals surface area contributed by atoms with Gasteiger partial charge in [0.25, 0.3) is 0 Å². The first-order valence-electron chi connectivity index (χ1n) is 9.41. The number of benzene rings is 1. The molecule has 0 aliphatic carbocycles. The summed E-state index contributed by atoms with van der Waals surface area (Å²) in [5, 5.41) is 12.7. The molecule has 3 heterocycles. The average molecular weight is 355 g/mol. The zero-order chi connectivity index (χ0) is 18.0. The summed E-state index contributed by atoms with van der Waals surface area (Å²) < 4.78 is 11.4. The fraction of sp³-hybridized carbons (Fsp3) is 0.600. The number of morpholine rings is 1. The summed E-state index contributed by atoms with van der Waals surface area (Å²) in [6.45, 7) is 3.31. The van der Waals surface area contributed by atoms with Crippen LogP contribution in [-0.4, -0.2) is 55.8 Å². The summed E-state index contributed by atoms with van der Waals surface area (Å²) in [6.07, 6.45) is 1.93. The Kier molecular flexibility index (Phi) is 4.94. The lowest BCUT2D eigenvalue weighted by molar-refractivity contribution is -0.133. The molecule has 1 N–H and O–H groups in total. The first-order valence-corrected chi connectivity index (χ1v) is 9.41. The normalized spacial score (nSPS) is 31.0. The molecular formula is C20H25N3O3. The quantitative estimate of drug-likeness (QED) is 0.892. The van der Waals surface area contributed by atoms with E-state index in [0.29, 0.717) is 38.7 Å². The van der Waals surface area contributed by atoms with Crippen LogP contribution in [0.2, 0.25) is 0 Å². The van der Waals surface area contributed by atoms with Crippen LogP contribution in [0.15, 0.2) is 30.3 Å². The predicted molar refractivity (Wildman–Crippen MR) is 95.1 cm³/mol. The van der Waals surface area contributed by atoms with Crippen LogP contribution in [0.4, 0.5) is 0 Å². The summed E-state index contributed by atoms with van der Waals surface area (Å²) in [5.74, 6) is -0.131. The second-order valence-electron chi connectivity index (χ2n) is 7.55. The fourth-order valence-corrected chi connectivity index (χ4v) is 4.28. The predicted octanol–water partition coefficient (Wildman–Crippen LogP) is 1.64. The molecule has 0 bridgehead atoms. The molecule has 3 fully saturated rings. The molecule has 1 aromatic rings. The number of hydrogen-bond donors (Lipinski definition) is 1. The van der Waals surface area contributed by atoms with Crippen molar-refractivity contribution in [3.63, 3.8) is 0 Å². The molecule has 6 heteroatoms. The highest BCUT2D eigenvalue weighted by atomic mass is 16.5. The largest absolute Gasteiger partial charge is 0.381 e. The van der Waals surface area contributed by atoms with E-state index in [1.54, 1.807) is 0 Å². The fourth-order valence-electron chi connectivity index (χ4n) is 4.28. The lowest BCUT2D eigenvalue weighted by Crippen LogP contribution is -2.48. The summed E-state index contributed by atoms with van der Waals surface area (Å²) in [5.41, 5.74) is 0.272. The Morgan fingerprint density at radius 1 is 1.23 bits per heavy atom. The highest BCUT2D eigenvalue weighted by molar-refractivity contribution is 5.85. The van der Waals surface area contributed by atoms with Gasteiger partial charge in [0.1, 0.15) is 5.41 Å². The van der Waals surface area contributed by atoms with Crippen molar-refractivity contribution in [2.75, 3.05) is 32.9 Å². The van der Waals surface area contributed by atoms with Crippen molar-refractivity contribution < 1.29 is 14.3 Å². The maximum Gasteiger partial charge on any atom is 0.240 e. The molecule has 0 spiro atoms. The van der Waals surface area contributed by atoms with E-state index in [1.807, 2.05) is 18.2 Å². The van der Waals surface area contributed by atoms with Crippen molar-refractivity contribution in [3.05, 3.63) is 35.9 Å². The molecule has 3 saturated heterocycles. The van der Waals surface area contributed by atoms with Gasteiger partial charge in [0.15, 0.2) is 0 Å². The van der Waals surface area contributed by atoms with Crippen molar-refractivity contribution in [3.8, 4) is 6.07 Å². The molecule has 1 amide bonds. The molecule has 3 atom stereocenters. The van der Waals surface area contributed by atoms with Crippen molar-refractivity contribution in [2.45, 2.75) is 37.5 Å². The van der Waals surface area contributed by atoms with Crippen molar-refractivity contribution in [1.29, 1.82) is 5.26 Å². The average Bonchev–Trinajstić information content (AvgIpc) is 3.10. The summed E-state index contributed by atoms with van der Waals surface area (Å²) in [4.78, 5) is 15.2. The van der Waals surface area contributed by atoms with E-state index in [1.165, 1.54) is 5.56 Å². The summed E-state index contributed by atoms with van der Waals surface area (Å²) in [7, 11) is 0. The van der Waals surface area contributed by atoms with E-state index in [2.05, 4.69) is 28.4 Å². The lowest BCUT2D eigenvalue weighted by atomic mass is 9.80. The van der Waals surface area contributed by atoms with E-state index in [0.717, 1.165) is 19.5 Å². The van der Waals surface area contributed by atoms with E-state index in [9.17, 15) is 10.1 Å². The van der Waals surface area contributed by atoms with E-state index in [-0.39, 0.29) is 18.1 Å². The summed E-state index contributed by atoms with van der Waals surface area (Å²) >= 11 is 0. The van der Waals surface area contributed by atoms with Crippen LogP contribution >= 0.6 is 0 Å². The Morgan fingerprint density at radius 2 is 2.00 bits per heavy atom. The third-order valence-electron chi connectivity index (χ3n) is 5.92. The number of nitrogens with one attached hydrogen (secondary N) is 1. The van der Waals surface area contributed by atoms with Gasteiger partial charge in [0, 0.05) is 38.4 Å². The second kappa shape index (κ2) is 7.36. The minimum absolute atomic E-state index is 0.0821. The Balaban J connectivity index is 1.36. The molecule has 0 aromatic heterocycles.